The molecule has 4 nitrogen and oxygen atoms in total. The van der Waals surface area contributed by atoms with Crippen LogP contribution in [0.5, 0.6) is 0 Å². The summed E-state index contributed by atoms with van der Waals surface area (Å²) >= 11 is 3.40. The Hall–Kier alpha value is -3.13. The van der Waals surface area contributed by atoms with Crippen molar-refractivity contribution in [1.82, 2.24) is 9.97 Å². The average Bonchev–Trinajstić information content (AvgIpc) is 2.66. The van der Waals surface area contributed by atoms with E-state index < -0.39 is 17.5 Å². The first-order valence-corrected chi connectivity index (χ1v) is 8.95. The number of fused-ring (bicyclic) bond motifs is 1. The Balaban J connectivity index is 1.87. The highest BCUT2D eigenvalue weighted by Crippen LogP contribution is 2.32. The zero-order chi connectivity index (χ0) is 19.8. The van der Waals surface area contributed by atoms with Crippen LogP contribution in [0.4, 0.5) is 30.6 Å². The van der Waals surface area contributed by atoms with Gasteiger partial charge in [-0.15, -0.1) is 0 Å². The van der Waals surface area contributed by atoms with Crippen molar-refractivity contribution in [2.24, 2.45) is 0 Å². The van der Waals surface area contributed by atoms with E-state index in [4.69, 9.17) is 5.73 Å². The molecule has 0 aliphatic heterocycles. The third kappa shape index (κ3) is 3.38. The Morgan fingerprint density at radius 3 is 2.50 bits per heavy atom. The molecule has 0 saturated heterocycles. The van der Waals surface area contributed by atoms with Crippen LogP contribution < -0.4 is 11.1 Å². The SMILES string of the molecule is Nc1nc(Nc2cccc(Br)c2)c2cc(-c3ccc(F)c(F)c3F)ccc2n1. The van der Waals surface area contributed by atoms with Gasteiger partial charge in [-0.05, 0) is 48.0 Å². The normalized spacial score (nSPS) is 11.0. The van der Waals surface area contributed by atoms with E-state index in [2.05, 4.69) is 31.2 Å². The molecule has 0 fully saturated rings. The fourth-order valence-electron chi connectivity index (χ4n) is 2.86. The third-order valence-corrected chi connectivity index (χ3v) is 4.64. The van der Waals surface area contributed by atoms with Crippen LogP contribution in [-0.2, 0) is 0 Å². The second-order valence-electron chi connectivity index (χ2n) is 6.02. The second kappa shape index (κ2) is 7.12. The van der Waals surface area contributed by atoms with Gasteiger partial charge in [-0.25, -0.2) is 18.2 Å². The molecule has 0 amide bonds. The highest BCUT2D eigenvalue weighted by Gasteiger charge is 2.16. The molecule has 0 spiro atoms. The molecule has 1 aromatic heterocycles. The Labute approximate surface area is 166 Å². The van der Waals surface area contributed by atoms with Crippen LogP contribution in [0.25, 0.3) is 22.0 Å². The molecular formula is C20H12BrF3N4. The van der Waals surface area contributed by atoms with Crippen LogP contribution in [0, 0.1) is 17.5 Å². The number of hydrogen-bond acceptors (Lipinski definition) is 4. The molecule has 28 heavy (non-hydrogen) atoms. The van der Waals surface area contributed by atoms with Crippen LogP contribution in [-0.4, -0.2) is 9.97 Å². The summed E-state index contributed by atoms with van der Waals surface area (Å²) in [6.45, 7) is 0. The summed E-state index contributed by atoms with van der Waals surface area (Å²) in [4.78, 5) is 8.40. The van der Waals surface area contributed by atoms with Crippen molar-refractivity contribution in [1.29, 1.82) is 0 Å². The second-order valence-corrected chi connectivity index (χ2v) is 6.94. The quantitative estimate of drug-likeness (QED) is 0.391. The predicted octanol–water partition coefficient (Wildman–Crippen LogP) is 5.80. The van der Waals surface area contributed by atoms with E-state index in [1.165, 1.54) is 6.07 Å². The maximum atomic E-state index is 14.2. The maximum absolute atomic E-state index is 14.2. The lowest BCUT2D eigenvalue weighted by molar-refractivity contribution is 0.449. The van der Waals surface area contributed by atoms with Gasteiger partial charge in [0.25, 0.3) is 0 Å². The number of aromatic nitrogens is 2. The average molecular weight is 445 g/mol. The van der Waals surface area contributed by atoms with Crippen LogP contribution in [0.3, 0.4) is 0 Å². The molecule has 4 rings (SSSR count). The zero-order valence-corrected chi connectivity index (χ0v) is 15.8. The number of rotatable bonds is 3. The summed E-state index contributed by atoms with van der Waals surface area (Å²) in [6.07, 6.45) is 0. The zero-order valence-electron chi connectivity index (χ0n) is 14.2. The van der Waals surface area contributed by atoms with E-state index in [0.717, 1.165) is 16.2 Å². The van der Waals surface area contributed by atoms with E-state index in [9.17, 15) is 13.2 Å². The van der Waals surface area contributed by atoms with Crippen molar-refractivity contribution in [2.45, 2.75) is 0 Å². The molecule has 3 aromatic carbocycles. The van der Waals surface area contributed by atoms with E-state index in [1.54, 1.807) is 18.2 Å². The molecule has 0 saturated carbocycles. The van der Waals surface area contributed by atoms with Crippen LogP contribution in [0.1, 0.15) is 0 Å². The van der Waals surface area contributed by atoms with Gasteiger partial charge in [-0.2, -0.15) is 4.98 Å². The summed E-state index contributed by atoms with van der Waals surface area (Å²) < 4.78 is 42.0. The summed E-state index contributed by atoms with van der Waals surface area (Å²) in [5.41, 5.74) is 7.36. The summed E-state index contributed by atoms with van der Waals surface area (Å²) in [5.74, 6) is -3.53. The Bertz CT molecular complexity index is 1210. The van der Waals surface area contributed by atoms with E-state index in [0.29, 0.717) is 22.3 Å². The number of nitrogen functional groups attached to an aromatic ring is 1. The van der Waals surface area contributed by atoms with Crippen LogP contribution in [0.2, 0.25) is 0 Å². The molecule has 0 radical (unpaired) electrons. The van der Waals surface area contributed by atoms with Gasteiger partial charge in [-0.3, -0.25) is 0 Å². The Morgan fingerprint density at radius 2 is 1.71 bits per heavy atom. The first-order valence-electron chi connectivity index (χ1n) is 8.16. The molecule has 0 atom stereocenters. The fourth-order valence-corrected chi connectivity index (χ4v) is 3.26. The van der Waals surface area contributed by atoms with E-state index >= 15 is 0 Å². The lowest BCUT2D eigenvalue weighted by Gasteiger charge is -2.12. The summed E-state index contributed by atoms with van der Waals surface area (Å²) in [7, 11) is 0. The summed E-state index contributed by atoms with van der Waals surface area (Å²) in [6, 6.07) is 14.3. The molecular weight excluding hydrogens is 433 g/mol. The number of anilines is 3. The smallest absolute Gasteiger partial charge is 0.222 e. The minimum Gasteiger partial charge on any atom is -0.368 e. The minimum absolute atomic E-state index is 0.0639. The molecule has 8 heteroatoms. The van der Waals surface area contributed by atoms with Crippen molar-refractivity contribution >= 4 is 44.3 Å². The van der Waals surface area contributed by atoms with Gasteiger partial charge < -0.3 is 11.1 Å². The number of nitrogens with one attached hydrogen (secondary N) is 1. The topological polar surface area (TPSA) is 63.8 Å². The van der Waals surface area contributed by atoms with Gasteiger partial charge in [0.15, 0.2) is 17.5 Å². The lowest BCUT2D eigenvalue weighted by atomic mass is 10.0. The van der Waals surface area contributed by atoms with Crippen molar-refractivity contribution < 1.29 is 13.2 Å². The lowest BCUT2D eigenvalue weighted by Crippen LogP contribution is -2.02. The number of hydrogen-bond donors (Lipinski definition) is 2. The standard InChI is InChI=1S/C20H12BrF3N4/c21-11-2-1-3-12(9-11)26-19-14-8-10(4-7-16(14)27-20(25)28-19)13-5-6-15(22)18(24)17(13)23/h1-9H,(H3,25,26,27,28). The summed E-state index contributed by atoms with van der Waals surface area (Å²) in [5, 5.41) is 3.71. The first-order chi connectivity index (χ1) is 13.4. The van der Waals surface area contributed by atoms with Gasteiger partial charge >= 0.3 is 0 Å². The number of halogens is 4. The Kier molecular flexibility index (Phi) is 4.64. The van der Waals surface area contributed by atoms with E-state index in [1.807, 2.05) is 24.3 Å². The molecule has 140 valence electrons. The fraction of sp³-hybridized carbons (Fsp3) is 0. The number of nitrogens with zero attached hydrogens (tertiary/aromatic N) is 2. The molecule has 0 bridgehead atoms. The van der Waals surface area contributed by atoms with Gasteiger partial charge in [0, 0.05) is 21.1 Å². The van der Waals surface area contributed by atoms with Crippen molar-refractivity contribution in [2.75, 3.05) is 11.1 Å². The van der Waals surface area contributed by atoms with Gasteiger partial charge in [0.05, 0.1) is 5.52 Å². The highest BCUT2D eigenvalue weighted by atomic mass is 79.9. The van der Waals surface area contributed by atoms with Crippen molar-refractivity contribution in [3.8, 4) is 11.1 Å². The first kappa shape index (κ1) is 18.2. The number of nitrogens with two attached hydrogens (primary N) is 1. The van der Waals surface area contributed by atoms with Gasteiger partial charge in [0.2, 0.25) is 5.95 Å². The predicted molar refractivity (Wildman–Crippen MR) is 107 cm³/mol. The highest BCUT2D eigenvalue weighted by molar-refractivity contribution is 9.10. The Morgan fingerprint density at radius 1 is 0.893 bits per heavy atom. The monoisotopic (exact) mass is 444 g/mol. The third-order valence-electron chi connectivity index (χ3n) is 4.15. The molecule has 0 unspecified atom stereocenters. The largest absolute Gasteiger partial charge is 0.368 e. The van der Waals surface area contributed by atoms with Gasteiger partial charge in [-0.1, -0.05) is 28.1 Å². The molecule has 3 N–H and O–H groups in total. The van der Waals surface area contributed by atoms with E-state index in [-0.39, 0.29) is 11.5 Å². The minimum atomic E-state index is -1.52. The molecule has 4 aromatic rings. The van der Waals surface area contributed by atoms with Crippen LogP contribution >= 0.6 is 15.9 Å². The van der Waals surface area contributed by atoms with Gasteiger partial charge in [0.1, 0.15) is 5.82 Å². The molecule has 0 aliphatic carbocycles. The number of benzene rings is 3. The van der Waals surface area contributed by atoms with Crippen molar-refractivity contribution in [3.05, 3.63) is 76.5 Å². The maximum Gasteiger partial charge on any atom is 0.222 e. The van der Waals surface area contributed by atoms with Crippen LogP contribution in [0.15, 0.2) is 59.1 Å². The van der Waals surface area contributed by atoms with Crippen molar-refractivity contribution in [3.63, 3.8) is 0 Å². The molecule has 1 heterocycles. The molecule has 0 aliphatic rings.